The molecule has 50 valence electrons. The van der Waals surface area contributed by atoms with Gasteiger partial charge < -0.3 is 0 Å². The molecule has 0 amide bonds. The minimum absolute atomic E-state index is 0.0729. The molecular weight excluding hydrogens is 178 g/mol. The lowest BCUT2D eigenvalue weighted by molar-refractivity contribution is 0.209. The van der Waals surface area contributed by atoms with E-state index in [0.717, 1.165) is 24.6 Å². The van der Waals surface area contributed by atoms with E-state index < -0.39 is 0 Å². The van der Waals surface area contributed by atoms with E-state index in [1.54, 1.807) is 0 Å². The largest absolute Gasteiger partial charge is 0.198 e. The molecule has 0 aromatic heterocycles. The van der Waals surface area contributed by atoms with Crippen LogP contribution in [0.4, 0.5) is 0 Å². The summed E-state index contributed by atoms with van der Waals surface area (Å²) in [5.41, 5.74) is 0.0729. The van der Waals surface area contributed by atoms with E-state index in [9.17, 15) is 0 Å². The molecule has 1 nitrogen and oxygen atoms in total. The monoisotopic (exact) mass is 187 g/mol. The van der Waals surface area contributed by atoms with Gasteiger partial charge in [-0.1, -0.05) is 22.4 Å². The third-order valence-electron chi connectivity index (χ3n) is 2.12. The number of halogens is 1. The lowest BCUT2D eigenvalue weighted by atomic mass is 9.68. The Bertz CT molecular complexity index is 132. The first-order valence-electron chi connectivity index (χ1n) is 3.30. The highest BCUT2D eigenvalue weighted by molar-refractivity contribution is 9.09. The molecule has 1 fully saturated rings. The van der Waals surface area contributed by atoms with Crippen LogP contribution in [0.25, 0.3) is 0 Å². The Balaban J connectivity index is 2.40. The molecule has 0 aromatic rings. The predicted molar refractivity (Wildman–Crippen MR) is 40.3 cm³/mol. The van der Waals surface area contributed by atoms with Crippen molar-refractivity contribution < 1.29 is 0 Å². The Morgan fingerprint density at radius 1 is 1.56 bits per heavy atom. The van der Waals surface area contributed by atoms with Crippen LogP contribution in [0.2, 0.25) is 0 Å². The topological polar surface area (TPSA) is 23.8 Å². The minimum atomic E-state index is 0.0729. The fourth-order valence-electron chi connectivity index (χ4n) is 1.20. The molecule has 1 rings (SSSR count). The molecule has 0 spiro atoms. The number of rotatable bonds is 2. The van der Waals surface area contributed by atoms with Crippen LogP contribution in [0.3, 0.4) is 0 Å². The van der Waals surface area contributed by atoms with Crippen LogP contribution in [-0.4, -0.2) is 5.33 Å². The highest BCUT2D eigenvalue weighted by Gasteiger charge is 2.35. The fraction of sp³-hybridized carbons (Fsp3) is 0.857. The molecule has 2 heteroatoms. The smallest absolute Gasteiger partial charge is 0.0690 e. The van der Waals surface area contributed by atoms with E-state index in [4.69, 9.17) is 5.26 Å². The van der Waals surface area contributed by atoms with Crippen molar-refractivity contribution in [1.82, 2.24) is 0 Å². The molecule has 0 unspecified atom stereocenters. The molecule has 1 saturated carbocycles. The van der Waals surface area contributed by atoms with E-state index in [0.29, 0.717) is 0 Å². The van der Waals surface area contributed by atoms with Crippen LogP contribution in [0.1, 0.15) is 25.7 Å². The first-order chi connectivity index (χ1) is 4.33. The van der Waals surface area contributed by atoms with Crippen molar-refractivity contribution in [2.45, 2.75) is 25.7 Å². The highest BCUT2D eigenvalue weighted by Crippen LogP contribution is 2.43. The van der Waals surface area contributed by atoms with E-state index in [-0.39, 0.29) is 5.41 Å². The van der Waals surface area contributed by atoms with Gasteiger partial charge in [0.25, 0.3) is 0 Å². The number of hydrogen-bond donors (Lipinski definition) is 0. The van der Waals surface area contributed by atoms with Crippen LogP contribution < -0.4 is 0 Å². The van der Waals surface area contributed by atoms with Crippen molar-refractivity contribution in [2.75, 3.05) is 5.33 Å². The third-order valence-corrected chi connectivity index (χ3v) is 2.52. The summed E-state index contributed by atoms with van der Waals surface area (Å²) >= 11 is 3.35. The van der Waals surface area contributed by atoms with Gasteiger partial charge in [-0.2, -0.15) is 5.26 Å². The zero-order valence-corrected chi connectivity index (χ0v) is 6.95. The van der Waals surface area contributed by atoms with Gasteiger partial charge in [0.2, 0.25) is 0 Å². The van der Waals surface area contributed by atoms with Gasteiger partial charge in [0.1, 0.15) is 0 Å². The summed E-state index contributed by atoms with van der Waals surface area (Å²) in [7, 11) is 0. The van der Waals surface area contributed by atoms with E-state index in [2.05, 4.69) is 22.0 Å². The molecule has 0 atom stereocenters. The minimum Gasteiger partial charge on any atom is -0.198 e. The first-order valence-corrected chi connectivity index (χ1v) is 4.42. The Morgan fingerprint density at radius 3 is 2.33 bits per heavy atom. The first kappa shape index (κ1) is 7.08. The Kier molecular flexibility index (Phi) is 2.13. The predicted octanol–water partition coefficient (Wildman–Crippen LogP) is 2.47. The zero-order chi connectivity index (χ0) is 6.74. The van der Waals surface area contributed by atoms with Gasteiger partial charge in [-0.15, -0.1) is 0 Å². The number of hydrogen-bond acceptors (Lipinski definition) is 1. The number of nitrogens with zero attached hydrogens (tertiary/aromatic N) is 1. The van der Waals surface area contributed by atoms with E-state index in [1.165, 1.54) is 6.42 Å². The van der Waals surface area contributed by atoms with Crippen LogP contribution >= 0.6 is 15.9 Å². The van der Waals surface area contributed by atoms with Crippen molar-refractivity contribution in [3.8, 4) is 6.07 Å². The molecule has 0 bridgehead atoms. The fourth-order valence-corrected chi connectivity index (χ4v) is 1.96. The van der Waals surface area contributed by atoms with Gasteiger partial charge in [-0.3, -0.25) is 0 Å². The molecule has 0 aliphatic heterocycles. The van der Waals surface area contributed by atoms with Crippen LogP contribution in [-0.2, 0) is 0 Å². The Hall–Kier alpha value is -0.0300. The summed E-state index contributed by atoms with van der Waals surface area (Å²) in [6.45, 7) is 0. The lowest BCUT2D eigenvalue weighted by Gasteiger charge is -2.34. The van der Waals surface area contributed by atoms with Gasteiger partial charge in [-0.05, 0) is 19.3 Å². The normalized spacial score (nSPS) is 22.2. The second-order valence-corrected chi connectivity index (χ2v) is 3.48. The molecule has 0 aromatic carbocycles. The quantitative estimate of drug-likeness (QED) is 0.610. The maximum absolute atomic E-state index is 8.70. The maximum atomic E-state index is 8.70. The summed E-state index contributed by atoms with van der Waals surface area (Å²) < 4.78 is 0. The standard InChI is InChI=1S/C7H10BrN/c8-5-4-7(6-9)2-1-3-7/h1-5H2. The van der Waals surface area contributed by atoms with Crippen molar-refractivity contribution in [3.63, 3.8) is 0 Å². The van der Waals surface area contributed by atoms with Crippen molar-refractivity contribution >= 4 is 15.9 Å². The molecule has 0 heterocycles. The summed E-state index contributed by atoms with van der Waals surface area (Å²) in [5.74, 6) is 0. The zero-order valence-electron chi connectivity index (χ0n) is 5.36. The van der Waals surface area contributed by atoms with Gasteiger partial charge in [0.05, 0.1) is 11.5 Å². The summed E-state index contributed by atoms with van der Waals surface area (Å²) in [6, 6.07) is 2.39. The van der Waals surface area contributed by atoms with E-state index >= 15 is 0 Å². The maximum Gasteiger partial charge on any atom is 0.0690 e. The lowest BCUT2D eigenvalue weighted by Crippen LogP contribution is -2.27. The molecule has 0 saturated heterocycles. The molecular formula is C7H10BrN. The van der Waals surface area contributed by atoms with Gasteiger partial charge in [0.15, 0.2) is 0 Å². The Morgan fingerprint density at radius 2 is 2.22 bits per heavy atom. The average Bonchev–Trinajstić information content (AvgIpc) is 1.79. The van der Waals surface area contributed by atoms with Crippen molar-refractivity contribution in [1.29, 1.82) is 5.26 Å². The van der Waals surface area contributed by atoms with Gasteiger partial charge in [0, 0.05) is 5.33 Å². The highest BCUT2D eigenvalue weighted by atomic mass is 79.9. The van der Waals surface area contributed by atoms with Crippen LogP contribution in [0.5, 0.6) is 0 Å². The Labute approximate surface area is 64.2 Å². The number of alkyl halides is 1. The third kappa shape index (κ3) is 1.27. The van der Waals surface area contributed by atoms with Crippen molar-refractivity contribution in [2.24, 2.45) is 5.41 Å². The SMILES string of the molecule is N#CC1(CCBr)CCC1. The van der Waals surface area contributed by atoms with Gasteiger partial charge >= 0.3 is 0 Å². The average molecular weight is 188 g/mol. The summed E-state index contributed by atoms with van der Waals surface area (Å²) in [5, 5.41) is 9.67. The second kappa shape index (κ2) is 2.70. The summed E-state index contributed by atoms with van der Waals surface area (Å²) in [4.78, 5) is 0. The second-order valence-electron chi connectivity index (χ2n) is 2.68. The molecule has 1 aliphatic carbocycles. The molecule has 0 radical (unpaired) electrons. The molecule has 1 aliphatic rings. The van der Waals surface area contributed by atoms with E-state index in [1.807, 2.05) is 0 Å². The van der Waals surface area contributed by atoms with Gasteiger partial charge in [-0.25, -0.2) is 0 Å². The van der Waals surface area contributed by atoms with Crippen LogP contribution in [0.15, 0.2) is 0 Å². The number of nitriles is 1. The summed E-state index contributed by atoms with van der Waals surface area (Å²) in [6.07, 6.45) is 4.52. The van der Waals surface area contributed by atoms with Crippen molar-refractivity contribution in [3.05, 3.63) is 0 Å². The molecule has 9 heavy (non-hydrogen) atoms. The van der Waals surface area contributed by atoms with Crippen LogP contribution in [0, 0.1) is 16.7 Å². The molecule has 0 N–H and O–H groups in total.